The smallest absolute Gasteiger partial charge is 0.0352 e. The molecule has 0 rings (SSSR count). The van der Waals surface area contributed by atoms with Gasteiger partial charge in [-0.1, -0.05) is 54.4 Å². The quantitative estimate of drug-likeness (QED) is 0.508. The summed E-state index contributed by atoms with van der Waals surface area (Å²) in [5.41, 5.74) is 0. The molecule has 0 spiro atoms. The molecule has 0 aliphatic carbocycles. The van der Waals surface area contributed by atoms with Crippen molar-refractivity contribution in [1.82, 2.24) is 0 Å². The van der Waals surface area contributed by atoms with Gasteiger partial charge in [0.05, 0.1) is 0 Å². The normalized spacial score (nSPS) is 17.8. The maximum absolute atomic E-state index is 2.55. The molecule has 0 aromatic heterocycles. The zero-order chi connectivity index (χ0) is 11.8. The highest BCUT2D eigenvalue weighted by atomic mass is 14.2. The monoisotopic (exact) mass is 211 g/mol. The lowest BCUT2D eigenvalue weighted by atomic mass is 9.84. The molecule has 3 unspecified atom stereocenters. The van der Waals surface area contributed by atoms with Crippen molar-refractivity contribution in [3.8, 4) is 0 Å². The average molecular weight is 211 g/mol. The van der Waals surface area contributed by atoms with Crippen LogP contribution in [0.5, 0.6) is 0 Å². The maximum Gasteiger partial charge on any atom is -0.0352 e. The third-order valence-electron chi connectivity index (χ3n) is 3.43. The molecular weight excluding hydrogens is 180 g/mol. The summed E-state index contributed by atoms with van der Waals surface area (Å²) in [7, 11) is 0. The van der Waals surface area contributed by atoms with Crippen molar-refractivity contribution in [3.05, 3.63) is 6.42 Å². The highest BCUT2D eigenvalue weighted by Gasteiger charge is 2.13. The van der Waals surface area contributed by atoms with E-state index in [1.54, 1.807) is 0 Å². The van der Waals surface area contributed by atoms with Crippen LogP contribution < -0.4 is 0 Å². The van der Waals surface area contributed by atoms with E-state index >= 15 is 0 Å². The fourth-order valence-electron chi connectivity index (χ4n) is 2.30. The predicted molar refractivity (Wildman–Crippen MR) is 70.8 cm³/mol. The maximum atomic E-state index is 2.55. The minimum Gasteiger partial charge on any atom is -0.0654 e. The van der Waals surface area contributed by atoms with Crippen LogP contribution in [0.15, 0.2) is 0 Å². The molecule has 15 heavy (non-hydrogen) atoms. The van der Waals surface area contributed by atoms with E-state index in [9.17, 15) is 0 Å². The second-order valence-corrected chi connectivity index (χ2v) is 5.83. The third kappa shape index (κ3) is 7.88. The Morgan fingerprint density at radius 3 is 2.07 bits per heavy atom. The number of hydrogen-bond donors (Lipinski definition) is 0. The minimum atomic E-state index is 0.791. The highest BCUT2D eigenvalue weighted by Crippen LogP contribution is 2.24. The molecule has 1 radical (unpaired) electrons. The molecule has 0 heteroatoms. The van der Waals surface area contributed by atoms with Gasteiger partial charge in [0.25, 0.3) is 0 Å². The molecule has 0 bridgehead atoms. The van der Waals surface area contributed by atoms with Gasteiger partial charge in [0.15, 0.2) is 0 Å². The molecule has 0 aromatic rings. The fourth-order valence-corrected chi connectivity index (χ4v) is 2.30. The summed E-state index contributed by atoms with van der Waals surface area (Å²) in [5, 5.41) is 0. The molecule has 0 nitrogen and oxygen atoms in total. The van der Waals surface area contributed by atoms with Crippen LogP contribution >= 0.6 is 0 Å². The van der Waals surface area contributed by atoms with E-state index in [2.05, 4.69) is 48.0 Å². The van der Waals surface area contributed by atoms with Crippen LogP contribution in [0.3, 0.4) is 0 Å². The van der Waals surface area contributed by atoms with Gasteiger partial charge in [-0.25, -0.2) is 0 Å². The average Bonchev–Trinajstić information content (AvgIpc) is 2.13. The van der Waals surface area contributed by atoms with E-state index in [0.717, 1.165) is 23.7 Å². The zero-order valence-electron chi connectivity index (χ0n) is 11.7. The molecule has 0 amide bonds. The molecule has 91 valence electrons. The highest BCUT2D eigenvalue weighted by molar-refractivity contribution is 4.79. The largest absolute Gasteiger partial charge is 0.0654 e. The van der Waals surface area contributed by atoms with E-state index < -0.39 is 0 Å². The first-order chi connectivity index (χ1) is 6.97. The third-order valence-corrected chi connectivity index (χ3v) is 3.43. The van der Waals surface area contributed by atoms with Gasteiger partial charge >= 0.3 is 0 Å². The molecule has 0 aliphatic heterocycles. The second kappa shape index (κ2) is 8.19. The molecule has 0 heterocycles. The van der Waals surface area contributed by atoms with Gasteiger partial charge in [0.2, 0.25) is 0 Å². The first-order valence-electron chi connectivity index (χ1n) is 6.80. The van der Waals surface area contributed by atoms with Crippen LogP contribution in [0.4, 0.5) is 0 Å². The lowest BCUT2D eigenvalue weighted by molar-refractivity contribution is 0.363. The molecular formula is C15H31. The van der Waals surface area contributed by atoms with E-state index in [4.69, 9.17) is 0 Å². The molecule has 3 atom stereocenters. The molecule has 0 aliphatic rings. The van der Waals surface area contributed by atoms with Crippen LogP contribution in [0.25, 0.3) is 0 Å². The Morgan fingerprint density at radius 2 is 1.60 bits per heavy atom. The summed E-state index contributed by atoms with van der Waals surface area (Å²) < 4.78 is 0. The van der Waals surface area contributed by atoms with Crippen molar-refractivity contribution in [1.29, 1.82) is 0 Å². The molecule has 0 fully saturated rings. The molecule has 0 aromatic carbocycles. The number of rotatable bonds is 8. The van der Waals surface area contributed by atoms with Crippen LogP contribution in [-0.2, 0) is 0 Å². The first-order valence-corrected chi connectivity index (χ1v) is 6.80. The summed E-state index contributed by atoms with van der Waals surface area (Å²) >= 11 is 0. The summed E-state index contributed by atoms with van der Waals surface area (Å²) in [4.78, 5) is 0. The minimum absolute atomic E-state index is 0.791. The standard InChI is InChI=1S/C15H31/c1-7-8-14(5)15(6)10-9-13(4)11-12(2)3/h10,12-15H,7-9,11H2,1-6H3. The van der Waals surface area contributed by atoms with Gasteiger partial charge in [0.1, 0.15) is 0 Å². The van der Waals surface area contributed by atoms with Crippen molar-refractivity contribution in [2.75, 3.05) is 0 Å². The van der Waals surface area contributed by atoms with Crippen molar-refractivity contribution < 1.29 is 0 Å². The van der Waals surface area contributed by atoms with Crippen LogP contribution in [0.2, 0.25) is 0 Å². The van der Waals surface area contributed by atoms with E-state index in [-0.39, 0.29) is 0 Å². The van der Waals surface area contributed by atoms with Crippen LogP contribution in [0.1, 0.15) is 67.2 Å². The lowest BCUT2D eigenvalue weighted by Crippen LogP contribution is -2.11. The first kappa shape index (κ1) is 15.0. The lowest BCUT2D eigenvalue weighted by Gasteiger charge is -2.21. The van der Waals surface area contributed by atoms with E-state index in [0.29, 0.717) is 0 Å². The van der Waals surface area contributed by atoms with Crippen LogP contribution in [-0.4, -0.2) is 0 Å². The summed E-state index contributed by atoms with van der Waals surface area (Å²) in [6.07, 6.45) is 7.91. The van der Waals surface area contributed by atoms with Crippen LogP contribution in [0, 0.1) is 30.1 Å². The summed E-state index contributed by atoms with van der Waals surface area (Å²) in [6.45, 7) is 14.1. The Hall–Kier alpha value is 0. The van der Waals surface area contributed by atoms with Gasteiger partial charge < -0.3 is 0 Å². The zero-order valence-corrected chi connectivity index (χ0v) is 11.7. The van der Waals surface area contributed by atoms with E-state index in [1.807, 2.05) is 0 Å². The predicted octanol–water partition coefficient (Wildman–Crippen LogP) is 5.34. The molecule has 0 saturated carbocycles. The van der Waals surface area contributed by atoms with Crippen molar-refractivity contribution >= 4 is 0 Å². The molecule has 0 saturated heterocycles. The van der Waals surface area contributed by atoms with E-state index in [1.165, 1.54) is 25.7 Å². The van der Waals surface area contributed by atoms with Crippen molar-refractivity contribution in [3.63, 3.8) is 0 Å². The Bertz CT molecular complexity index is 137. The van der Waals surface area contributed by atoms with Crippen molar-refractivity contribution in [2.24, 2.45) is 23.7 Å². The Morgan fingerprint density at radius 1 is 1.00 bits per heavy atom. The Labute approximate surface area is 97.8 Å². The SMILES string of the molecule is CCCC(C)C(C)[CH]CC(C)CC(C)C. The second-order valence-electron chi connectivity index (χ2n) is 5.83. The Balaban J connectivity index is 3.64. The topological polar surface area (TPSA) is 0 Å². The van der Waals surface area contributed by atoms with Gasteiger partial charge in [0, 0.05) is 0 Å². The van der Waals surface area contributed by atoms with Gasteiger partial charge in [-0.15, -0.1) is 0 Å². The Kier molecular flexibility index (Phi) is 8.19. The van der Waals surface area contributed by atoms with Gasteiger partial charge in [-0.3, -0.25) is 0 Å². The number of hydrogen-bond acceptors (Lipinski definition) is 0. The van der Waals surface area contributed by atoms with Gasteiger partial charge in [-0.05, 0) is 42.9 Å². The fraction of sp³-hybridized carbons (Fsp3) is 0.933. The summed E-state index contributed by atoms with van der Waals surface area (Å²) in [5.74, 6) is 3.36. The van der Waals surface area contributed by atoms with Crippen molar-refractivity contribution in [2.45, 2.75) is 67.2 Å². The molecule has 0 N–H and O–H groups in total. The summed E-state index contributed by atoms with van der Waals surface area (Å²) in [6, 6.07) is 0. The van der Waals surface area contributed by atoms with Gasteiger partial charge in [-0.2, -0.15) is 0 Å².